The highest BCUT2D eigenvalue weighted by Crippen LogP contribution is 2.33. The van der Waals surface area contributed by atoms with Crippen LogP contribution in [0.4, 0.5) is 0 Å². The predicted molar refractivity (Wildman–Crippen MR) is 138 cm³/mol. The molecule has 0 radical (unpaired) electrons. The Morgan fingerprint density at radius 1 is 1.06 bits per heavy atom. The maximum Gasteiger partial charge on any atom is 0.252 e. The summed E-state index contributed by atoms with van der Waals surface area (Å²) >= 11 is 0. The summed E-state index contributed by atoms with van der Waals surface area (Å²) in [5, 5.41) is 14.1. The van der Waals surface area contributed by atoms with E-state index in [4.69, 9.17) is 0 Å². The molecule has 0 amide bonds. The van der Waals surface area contributed by atoms with Gasteiger partial charge in [-0.25, -0.2) is 4.68 Å². The first-order valence-electron chi connectivity index (χ1n) is 12.7. The minimum Gasteiger partial charge on any atom is -0.321 e. The first-order chi connectivity index (χ1) is 17.0. The van der Waals surface area contributed by atoms with E-state index >= 15 is 0 Å². The van der Waals surface area contributed by atoms with Gasteiger partial charge in [0, 0.05) is 24.0 Å². The van der Waals surface area contributed by atoms with E-state index in [9.17, 15) is 4.79 Å². The molecule has 1 saturated carbocycles. The summed E-state index contributed by atoms with van der Waals surface area (Å²) in [5.74, 6) is 0.902. The molecule has 35 heavy (non-hydrogen) atoms. The van der Waals surface area contributed by atoms with Gasteiger partial charge in [0.05, 0.1) is 17.6 Å². The minimum atomic E-state index is -0.0329. The molecular weight excluding hydrogens is 436 g/mol. The third kappa shape index (κ3) is 4.78. The number of fused-ring (bicyclic) bond motifs is 1. The van der Waals surface area contributed by atoms with Gasteiger partial charge in [0.15, 0.2) is 5.82 Å². The molecule has 1 aliphatic carbocycles. The third-order valence-electron chi connectivity index (χ3n) is 7.44. The molecule has 7 heteroatoms. The monoisotopic (exact) mass is 470 g/mol. The lowest BCUT2D eigenvalue weighted by atomic mass is 10.0. The molecule has 0 bridgehead atoms. The van der Waals surface area contributed by atoms with Gasteiger partial charge in [-0.2, -0.15) is 0 Å². The standard InChI is InChI=1S/C28H34N6O/c1-4-25(27-30-31-32-34(27)23-12-8-9-13-23)33(17-21-10-6-5-7-11-21)18-22-16-24-19(2)14-15-20(3)26(24)29-28(22)35/h5-7,10-11,14-16,23,25H,4,8-9,12-13,17-18H2,1-3H3,(H,29,35)/t25-/m0/s1. The van der Waals surface area contributed by atoms with Crippen molar-refractivity contribution >= 4 is 10.9 Å². The van der Waals surface area contributed by atoms with Crippen LogP contribution in [0.5, 0.6) is 0 Å². The van der Waals surface area contributed by atoms with E-state index in [-0.39, 0.29) is 11.6 Å². The van der Waals surface area contributed by atoms with Crippen LogP contribution in [-0.2, 0) is 13.1 Å². The predicted octanol–water partition coefficient (Wildman–Crippen LogP) is 5.40. The Hall–Kier alpha value is -3.32. The fourth-order valence-electron chi connectivity index (χ4n) is 5.48. The van der Waals surface area contributed by atoms with E-state index in [0.717, 1.165) is 52.7 Å². The highest BCUT2D eigenvalue weighted by molar-refractivity contribution is 5.85. The lowest BCUT2D eigenvalue weighted by Gasteiger charge is -2.31. The quantitative estimate of drug-likeness (QED) is 0.373. The van der Waals surface area contributed by atoms with Crippen LogP contribution in [0, 0.1) is 13.8 Å². The minimum absolute atomic E-state index is 0.000454. The highest BCUT2D eigenvalue weighted by Gasteiger charge is 2.29. The number of aryl methyl sites for hydroxylation is 2. The maximum atomic E-state index is 13.2. The average Bonchev–Trinajstić information content (AvgIpc) is 3.56. The van der Waals surface area contributed by atoms with Gasteiger partial charge < -0.3 is 4.98 Å². The molecule has 1 atom stereocenters. The number of benzene rings is 2. The third-order valence-corrected chi connectivity index (χ3v) is 7.44. The summed E-state index contributed by atoms with van der Waals surface area (Å²) in [7, 11) is 0. The van der Waals surface area contributed by atoms with Gasteiger partial charge in [-0.05, 0) is 66.3 Å². The molecule has 182 valence electrons. The Balaban J connectivity index is 1.55. The molecule has 2 heterocycles. The van der Waals surface area contributed by atoms with Gasteiger partial charge in [-0.15, -0.1) is 5.10 Å². The summed E-state index contributed by atoms with van der Waals surface area (Å²) in [6.07, 6.45) is 5.54. The number of aromatic nitrogens is 5. The number of pyridine rings is 1. The van der Waals surface area contributed by atoms with Crippen molar-refractivity contribution in [3.05, 3.63) is 87.0 Å². The highest BCUT2D eigenvalue weighted by atomic mass is 16.1. The van der Waals surface area contributed by atoms with Gasteiger partial charge in [-0.1, -0.05) is 62.2 Å². The van der Waals surface area contributed by atoms with Crippen LogP contribution in [-0.4, -0.2) is 30.1 Å². The van der Waals surface area contributed by atoms with Crippen LogP contribution in [0.3, 0.4) is 0 Å². The molecule has 0 saturated heterocycles. The summed E-state index contributed by atoms with van der Waals surface area (Å²) in [5.41, 5.74) is 5.10. The van der Waals surface area contributed by atoms with Crippen molar-refractivity contribution in [2.24, 2.45) is 0 Å². The van der Waals surface area contributed by atoms with Crippen LogP contribution in [0.25, 0.3) is 10.9 Å². The van der Waals surface area contributed by atoms with E-state index in [0.29, 0.717) is 19.1 Å². The van der Waals surface area contributed by atoms with Gasteiger partial charge >= 0.3 is 0 Å². The van der Waals surface area contributed by atoms with Crippen molar-refractivity contribution in [3.8, 4) is 0 Å². The van der Waals surface area contributed by atoms with Crippen molar-refractivity contribution in [2.45, 2.75) is 78.0 Å². The van der Waals surface area contributed by atoms with Crippen LogP contribution in [0.2, 0.25) is 0 Å². The Bertz CT molecular complexity index is 1350. The first-order valence-corrected chi connectivity index (χ1v) is 12.7. The molecular formula is C28H34N6O. The van der Waals surface area contributed by atoms with Gasteiger partial charge in [-0.3, -0.25) is 9.69 Å². The number of aromatic amines is 1. The molecule has 1 fully saturated rings. The Kier molecular flexibility index (Phi) is 6.77. The first kappa shape index (κ1) is 23.4. The zero-order valence-corrected chi connectivity index (χ0v) is 20.9. The second kappa shape index (κ2) is 10.1. The van der Waals surface area contributed by atoms with Gasteiger partial charge in [0.2, 0.25) is 0 Å². The molecule has 1 aliphatic rings. The zero-order chi connectivity index (χ0) is 24.4. The molecule has 0 aliphatic heterocycles. The van der Waals surface area contributed by atoms with Crippen molar-refractivity contribution < 1.29 is 0 Å². The van der Waals surface area contributed by atoms with Crippen molar-refractivity contribution in [1.82, 2.24) is 30.1 Å². The van der Waals surface area contributed by atoms with Gasteiger partial charge in [0.25, 0.3) is 5.56 Å². The van der Waals surface area contributed by atoms with E-state index < -0.39 is 0 Å². The van der Waals surface area contributed by atoms with E-state index in [1.807, 2.05) is 13.0 Å². The largest absolute Gasteiger partial charge is 0.321 e. The normalized spacial score (nSPS) is 15.3. The van der Waals surface area contributed by atoms with Crippen LogP contribution < -0.4 is 5.56 Å². The van der Waals surface area contributed by atoms with E-state index in [1.165, 1.54) is 18.4 Å². The molecule has 0 unspecified atom stereocenters. The topological polar surface area (TPSA) is 79.7 Å². The van der Waals surface area contributed by atoms with Gasteiger partial charge in [0.1, 0.15) is 0 Å². The number of H-pyrrole nitrogens is 1. The molecule has 2 aromatic heterocycles. The summed E-state index contributed by atoms with van der Waals surface area (Å²) in [6, 6.07) is 17.0. The molecule has 7 nitrogen and oxygen atoms in total. The molecule has 0 spiro atoms. The van der Waals surface area contributed by atoms with Crippen LogP contribution in [0.1, 0.15) is 79.2 Å². The second-order valence-corrected chi connectivity index (χ2v) is 9.85. The SMILES string of the molecule is CC[C@@H](c1nnnn1C1CCCC1)N(Cc1ccccc1)Cc1cc2c(C)ccc(C)c2[nH]c1=O. The summed E-state index contributed by atoms with van der Waals surface area (Å²) < 4.78 is 2.05. The maximum absolute atomic E-state index is 13.2. The van der Waals surface area contributed by atoms with Crippen molar-refractivity contribution in [1.29, 1.82) is 0 Å². The fraction of sp³-hybridized carbons (Fsp3) is 0.429. The number of hydrogen-bond acceptors (Lipinski definition) is 5. The average molecular weight is 471 g/mol. The van der Waals surface area contributed by atoms with Crippen LogP contribution >= 0.6 is 0 Å². The second-order valence-electron chi connectivity index (χ2n) is 9.85. The molecule has 2 aromatic carbocycles. The van der Waals surface area contributed by atoms with Crippen molar-refractivity contribution in [2.75, 3.05) is 0 Å². The van der Waals surface area contributed by atoms with E-state index in [1.54, 1.807) is 0 Å². The molecule has 1 N–H and O–H groups in total. The summed E-state index contributed by atoms with van der Waals surface area (Å²) in [4.78, 5) is 18.7. The number of hydrogen-bond donors (Lipinski definition) is 1. The number of nitrogens with zero attached hydrogens (tertiary/aromatic N) is 5. The zero-order valence-electron chi connectivity index (χ0n) is 20.9. The Morgan fingerprint density at radius 2 is 1.80 bits per heavy atom. The fourth-order valence-corrected chi connectivity index (χ4v) is 5.48. The number of tetrazole rings is 1. The lowest BCUT2D eigenvalue weighted by molar-refractivity contribution is 0.158. The van der Waals surface area contributed by atoms with Crippen LogP contribution in [0.15, 0.2) is 53.3 Å². The van der Waals surface area contributed by atoms with E-state index in [2.05, 4.69) is 86.4 Å². The van der Waals surface area contributed by atoms with Crippen molar-refractivity contribution in [3.63, 3.8) is 0 Å². The Labute approximate surface area is 206 Å². The molecule has 4 aromatic rings. The Morgan fingerprint density at radius 3 is 2.54 bits per heavy atom. The smallest absolute Gasteiger partial charge is 0.252 e. The number of rotatable bonds is 8. The number of nitrogens with one attached hydrogen (secondary N) is 1. The lowest BCUT2D eigenvalue weighted by Crippen LogP contribution is -2.32. The summed E-state index contributed by atoms with van der Waals surface area (Å²) in [6.45, 7) is 7.53. The molecule has 5 rings (SSSR count).